The number of nitro groups is 1. The average Bonchev–Trinajstić information content (AvgIpc) is 2.45. The largest absolute Gasteiger partial charge is 0.356 e. The molecule has 0 aliphatic carbocycles. The van der Waals surface area contributed by atoms with E-state index in [-0.39, 0.29) is 29.3 Å². The Hall–Kier alpha value is -2.49. The molecule has 0 heterocycles. The molecule has 0 fully saturated rings. The predicted octanol–water partition coefficient (Wildman–Crippen LogP) is 0.316. The molecular formula is C12H15N3O6S. The fraction of sp³-hybridized carbons (Fsp3) is 0.333. The number of carbonyl (C=O) groups is 2. The van der Waals surface area contributed by atoms with Gasteiger partial charge in [-0.25, -0.2) is 13.1 Å². The van der Waals surface area contributed by atoms with E-state index in [0.29, 0.717) is 6.54 Å². The lowest BCUT2D eigenvalue weighted by Crippen LogP contribution is -2.32. The molecule has 0 saturated heterocycles. The lowest BCUT2D eigenvalue weighted by molar-refractivity contribution is -0.384. The van der Waals surface area contributed by atoms with E-state index in [1.54, 1.807) is 11.6 Å². The fourth-order valence-electron chi connectivity index (χ4n) is 1.52. The first-order valence-corrected chi connectivity index (χ1v) is 7.81. The number of nitrogens with zero attached hydrogens (tertiary/aromatic N) is 1. The first-order valence-electron chi connectivity index (χ1n) is 6.33. The van der Waals surface area contributed by atoms with Crippen molar-refractivity contribution >= 4 is 27.5 Å². The third-order valence-corrected chi connectivity index (χ3v) is 3.95. The van der Waals surface area contributed by atoms with Crippen molar-refractivity contribution in [1.29, 1.82) is 0 Å². The molecule has 9 nitrogen and oxygen atoms in total. The van der Waals surface area contributed by atoms with Gasteiger partial charge in [-0.3, -0.25) is 19.7 Å². The predicted molar refractivity (Wildman–Crippen MR) is 76.3 cm³/mol. The number of sulfonamides is 1. The fourth-order valence-corrected chi connectivity index (χ4v) is 2.53. The molecular weight excluding hydrogens is 314 g/mol. The van der Waals surface area contributed by atoms with Crippen molar-refractivity contribution < 1.29 is 22.9 Å². The number of hydrogen-bond acceptors (Lipinski definition) is 6. The summed E-state index contributed by atoms with van der Waals surface area (Å²) in [7, 11) is -4.12. The minimum absolute atomic E-state index is 0.130. The number of rotatable bonds is 7. The maximum absolute atomic E-state index is 11.9. The Bertz CT molecular complexity index is 669. The molecule has 0 aliphatic heterocycles. The maximum Gasteiger partial charge on any atom is 0.269 e. The molecule has 0 unspecified atom stereocenters. The van der Waals surface area contributed by atoms with Gasteiger partial charge in [-0.2, -0.15) is 0 Å². The number of benzene rings is 1. The van der Waals surface area contributed by atoms with Crippen molar-refractivity contribution in [2.45, 2.75) is 24.7 Å². The van der Waals surface area contributed by atoms with Crippen LogP contribution in [0.25, 0.3) is 0 Å². The summed E-state index contributed by atoms with van der Waals surface area (Å²) in [5.74, 6) is -1.19. The molecule has 0 aliphatic rings. The summed E-state index contributed by atoms with van der Waals surface area (Å²) >= 11 is 0. The number of non-ortho nitro benzene ring substituents is 1. The van der Waals surface area contributed by atoms with Crippen LogP contribution in [-0.4, -0.2) is 31.7 Å². The van der Waals surface area contributed by atoms with Crippen LogP contribution >= 0.6 is 0 Å². The molecule has 22 heavy (non-hydrogen) atoms. The zero-order valence-electron chi connectivity index (χ0n) is 11.7. The second-order valence-corrected chi connectivity index (χ2v) is 5.92. The zero-order chi connectivity index (χ0) is 16.8. The van der Waals surface area contributed by atoms with E-state index in [9.17, 15) is 28.1 Å². The van der Waals surface area contributed by atoms with E-state index in [0.717, 1.165) is 24.3 Å². The van der Waals surface area contributed by atoms with Gasteiger partial charge in [0.05, 0.1) is 9.82 Å². The van der Waals surface area contributed by atoms with E-state index in [1.165, 1.54) is 0 Å². The van der Waals surface area contributed by atoms with Gasteiger partial charge in [0.1, 0.15) is 0 Å². The molecule has 1 aromatic rings. The summed E-state index contributed by atoms with van der Waals surface area (Å²) in [5.41, 5.74) is -0.262. The third kappa shape index (κ3) is 5.13. The second kappa shape index (κ2) is 7.50. The quantitative estimate of drug-likeness (QED) is 0.546. The van der Waals surface area contributed by atoms with Crippen LogP contribution in [0.15, 0.2) is 29.2 Å². The standard InChI is InChI=1S/C12H15N3O6S/c1-2-13-11(16)7-8-12(17)14-22(20,21)10-5-3-9(4-6-10)15(18)19/h3-6H,2,7-8H2,1H3,(H,13,16)(H,14,17). The maximum atomic E-state index is 11.9. The number of amides is 2. The van der Waals surface area contributed by atoms with E-state index >= 15 is 0 Å². The van der Waals surface area contributed by atoms with Gasteiger partial charge in [-0.1, -0.05) is 0 Å². The minimum atomic E-state index is -4.12. The van der Waals surface area contributed by atoms with Crippen molar-refractivity contribution in [3.05, 3.63) is 34.4 Å². The second-order valence-electron chi connectivity index (χ2n) is 4.23. The summed E-state index contributed by atoms with van der Waals surface area (Å²) in [4.78, 5) is 32.3. The van der Waals surface area contributed by atoms with Gasteiger partial charge in [0.25, 0.3) is 15.7 Å². The molecule has 0 atom stereocenters. The SMILES string of the molecule is CCNC(=O)CCC(=O)NS(=O)(=O)c1ccc([N+](=O)[O-])cc1. The van der Waals surface area contributed by atoms with Gasteiger partial charge in [-0.05, 0) is 19.1 Å². The Kier molecular flexibility index (Phi) is 5.99. The molecule has 2 amide bonds. The summed E-state index contributed by atoms with van der Waals surface area (Å²) < 4.78 is 25.6. The Labute approximate surface area is 126 Å². The normalized spacial score (nSPS) is 10.8. The Morgan fingerprint density at radius 1 is 1.14 bits per heavy atom. The van der Waals surface area contributed by atoms with Crippen LogP contribution in [0.3, 0.4) is 0 Å². The van der Waals surface area contributed by atoms with E-state index in [4.69, 9.17) is 0 Å². The molecule has 0 bridgehead atoms. The van der Waals surface area contributed by atoms with Crippen LogP contribution < -0.4 is 10.0 Å². The van der Waals surface area contributed by atoms with Crippen molar-refractivity contribution in [3.63, 3.8) is 0 Å². The lowest BCUT2D eigenvalue weighted by Gasteiger charge is -2.07. The Morgan fingerprint density at radius 3 is 2.18 bits per heavy atom. The highest BCUT2D eigenvalue weighted by atomic mass is 32.2. The van der Waals surface area contributed by atoms with Crippen LogP contribution in [0.2, 0.25) is 0 Å². The average molecular weight is 329 g/mol. The molecule has 0 aromatic heterocycles. The number of carbonyl (C=O) groups excluding carboxylic acids is 2. The van der Waals surface area contributed by atoms with Crippen molar-refractivity contribution in [2.75, 3.05) is 6.54 Å². The van der Waals surface area contributed by atoms with Gasteiger partial charge in [0.15, 0.2) is 0 Å². The highest BCUT2D eigenvalue weighted by Crippen LogP contribution is 2.15. The first-order chi connectivity index (χ1) is 10.3. The zero-order valence-corrected chi connectivity index (χ0v) is 12.6. The van der Waals surface area contributed by atoms with Crippen molar-refractivity contribution in [2.24, 2.45) is 0 Å². The van der Waals surface area contributed by atoms with Crippen LogP contribution in [0.5, 0.6) is 0 Å². The topological polar surface area (TPSA) is 135 Å². The third-order valence-electron chi connectivity index (χ3n) is 2.56. The van der Waals surface area contributed by atoms with Gasteiger partial charge >= 0.3 is 0 Å². The molecule has 0 spiro atoms. The van der Waals surface area contributed by atoms with Gasteiger partial charge in [0.2, 0.25) is 11.8 Å². The molecule has 1 aromatic carbocycles. The van der Waals surface area contributed by atoms with Crippen molar-refractivity contribution in [1.82, 2.24) is 10.0 Å². The van der Waals surface area contributed by atoms with E-state index in [1.807, 2.05) is 0 Å². The van der Waals surface area contributed by atoms with Gasteiger partial charge < -0.3 is 5.32 Å². The van der Waals surface area contributed by atoms with Crippen LogP contribution in [0.4, 0.5) is 5.69 Å². The minimum Gasteiger partial charge on any atom is -0.356 e. The van der Waals surface area contributed by atoms with Gasteiger partial charge in [-0.15, -0.1) is 0 Å². The highest BCUT2D eigenvalue weighted by molar-refractivity contribution is 7.90. The van der Waals surface area contributed by atoms with Crippen LogP contribution in [0, 0.1) is 10.1 Å². The Balaban J connectivity index is 2.68. The summed E-state index contributed by atoms with van der Waals surface area (Å²) in [6.45, 7) is 2.14. The van der Waals surface area contributed by atoms with E-state index in [2.05, 4.69) is 5.32 Å². The Morgan fingerprint density at radius 2 is 1.68 bits per heavy atom. The molecule has 0 saturated carbocycles. The monoisotopic (exact) mass is 329 g/mol. The highest BCUT2D eigenvalue weighted by Gasteiger charge is 2.19. The summed E-state index contributed by atoms with van der Waals surface area (Å²) in [6, 6.07) is 4.09. The van der Waals surface area contributed by atoms with Crippen LogP contribution in [-0.2, 0) is 19.6 Å². The van der Waals surface area contributed by atoms with Crippen molar-refractivity contribution in [3.8, 4) is 0 Å². The molecule has 2 N–H and O–H groups in total. The summed E-state index contributed by atoms with van der Waals surface area (Å²) in [5, 5.41) is 13.0. The van der Waals surface area contributed by atoms with Gasteiger partial charge in [0, 0.05) is 31.5 Å². The number of nitro benzene ring substituents is 1. The number of nitrogens with one attached hydrogen (secondary N) is 2. The molecule has 10 heteroatoms. The molecule has 120 valence electrons. The van der Waals surface area contributed by atoms with Crippen LogP contribution in [0.1, 0.15) is 19.8 Å². The summed E-state index contributed by atoms with van der Waals surface area (Å²) in [6.07, 6.45) is -0.409. The smallest absolute Gasteiger partial charge is 0.269 e. The molecule has 0 radical (unpaired) electrons. The molecule has 1 rings (SSSR count). The van der Waals surface area contributed by atoms with E-state index < -0.39 is 20.9 Å². The number of hydrogen-bond donors (Lipinski definition) is 2. The lowest BCUT2D eigenvalue weighted by atomic mass is 10.3. The first kappa shape index (κ1) is 17.6.